The minimum atomic E-state index is -0.588. The number of hydrogen-bond acceptors (Lipinski definition) is 6. The Morgan fingerprint density at radius 1 is 1.40 bits per heavy atom. The zero-order valence-electron chi connectivity index (χ0n) is 10.4. The molecule has 0 aliphatic heterocycles. The van der Waals surface area contributed by atoms with Crippen molar-refractivity contribution in [3.63, 3.8) is 0 Å². The molecular weight excluding hydrogens is 261 g/mol. The summed E-state index contributed by atoms with van der Waals surface area (Å²) in [6, 6.07) is 7.40. The lowest BCUT2D eigenvalue weighted by Gasteiger charge is -2.04. The van der Waals surface area contributed by atoms with Crippen LogP contribution in [0.3, 0.4) is 0 Å². The minimum absolute atomic E-state index is 0.0496. The molecule has 0 aliphatic carbocycles. The average Bonchev–Trinajstić information content (AvgIpc) is 2.88. The summed E-state index contributed by atoms with van der Waals surface area (Å²) in [5, 5.41) is 28.1. The van der Waals surface area contributed by atoms with Gasteiger partial charge in [-0.1, -0.05) is 5.21 Å². The molecule has 0 fully saturated rings. The third-order valence-electron chi connectivity index (χ3n) is 2.33. The van der Waals surface area contributed by atoms with Crippen molar-refractivity contribution in [3.8, 4) is 17.8 Å². The second kappa shape index (κ2) is 5.59. The van der Waals surface area contributed by atoms with Crippen LogP contribution in [0.5, 0.6) is 0 Å². The Hall–Kier alpha value is -3.26. The molecule has 0 aliphatic rings. The highest BCUT2D eigenvalue weighted by Gasteiger charge is 2.06. The van der Waals surface area contributed by atoms with Crippen molar-refractivity contribution in [2.75, 3.05) is 5.43 Å². The molecule has 0 spiro atoms. The molecule has 0 radical (unpaired) electrons. The smallest absolute Gasteiger partial charge is 0.237 e. The standard InChI is InChI=1S/C12H8FN7/c1-8-7-20(19-16-8)10-2-3-12(11(13)4-10)18-17-9(5-14)6-15/h2-4,7,18H,1H3. The molecule has 0 saturated carbocycles. The van der Waals surface area contributed by atoms with Gasteiger partial charge in [0.25, 0.3) is 0 Å². The van der Waals surface area contributed by atoms with Crippen LogP contribution in [0.1, 0.15) is 5.69 Å². The average molecular weight is 269 g/mol. The van der Waals surface area contributed by atoms with Crippen LogP contribution in [0.15, 0.2) is 29.5 Å². The Labute approximate surface area is 113 Å². The van der Waals surface area contributed by atoms with Crippen molar-refractivity contribution in [1.29, 1.82) is 10.5 Å². The molecule has 0 amide bonds. The highest BCUT2D eigenvalue weighted by molar-refractivity contribution is 6.10. The number of rotatable bonds is 3. The number of benzene rings is 1. The maximum absolute atomic E-state index is 13.8. The van der Waals surface area contributed by atoms with E-state index in [2.05, 4.69) is 20.8 Å². The van der Waals surface area contributed by atoms with Gasteiger partial charge in [-0.15, -0.1) is 5.10 Å². The number of hydrazone groups is 1. The first kappa shape index (κ1) is 13.2. The van der Waals surface area contributed by atoms with Crippen molar-refractivity contribution >= 4 is 11.4 Å². The van der Waals surface area contributed by atoms with E-state index in [9.17, 15) is 4.39 Å². The number of aryl methyl sites for hydroxylation is 1. The fourth-order valence-corrected chi connectivity index (χ4v) is 1.40. The van der Waals surface area contributed by atoms with E-state index in [1.165, 1.54) is 16.8 Å². The van der Waals surface area contributed by atoms with Crippen molar-refractivity contribution < 1.29 is 4.39 Å². The second-order valence-electron chi connectivity index (χ2n) is 3.76. The summed E-state index contributed by atoms with van der Waals surface area (Å²) in [6.45, 7) is 1.77. The maximum atomic E-state index is 13.8. The van der Waals surface area contributed by atoms with Gasteiger partial charge in [0.05, 0.1) is 23.3 Å². The van der Waals surface area contributed by atoms with Crippen LogP contribution in [-0.4, -0.2) is 20.7 Å². The molecular formula is C12H8FN7. The Balaban J connectivity index is 2.25. The van der Waals surface area contributed by atoms with Crippen LogP contribution in [0, 0.1) is 35.4 Å². The minimum Gasteiger partial charge on any atom is -0.274 e. The van der Waals surface area contributed by atoms with Gasteiger partial charge in [0.1, 0.15) is 18.0 Å². The van der Waals surface area contributed by atoms with Crippen molar-refractivity contribution in [3.05, 3.63) is 35.9 Å². The lowest BCUT2D eigenvalue weighted by Crippen LogP contribution is -2.00. The Morgan fingerprint density at radius 2 is 2.15 bits per heavy atom. The first-order chi connectivity index (χ1) is 9.63. The fourth-order valence-electron chi connectivity index (χ4n) is 1.40. The quantitative estimate of drug-likeness (QED) is 0.672. The van der Waals surface area contributed by atoms with E-state index >= 15 is 0 Å². The predicted molar refractivity (Wildman–Crippen MR) is 68.3 cm³/mol. The van der Waals surface area contributed by atoms with Gasteiger partial charge in [0.15, 0.2) is 0 Å². The Bertz CT molecular complexity index is 732. The topological polar surface area (TPSA) is 103 Å². The molecule has 20 heavy (non-hydrogen) atoms. The number of halogens is 1. The van der Waals surface area contributed by atoms with E-state index in [4.69, 9.17) is 10.5 Å². The van der Waals surface area contributed by atoms with E-state index in [1.54, 1.807) is 31.3 Å². The zero-order valence-corrected chi connectivity index (χ0v) is 10.4. The number of nitrogens with one attached hydrogen (secondary N) is 1. The van der Waals surface area contributed by atoms with Gasteiger partial charge in [-0.3, -0.25) is 5.43 Å². The summed E-state index contributed by atoms with van der Waals surface area (Å²) in [5.41, 5.74) is 3.19. The molecule has 0 saturated heterocycles. The SMILES string of the molecule is Cc1cn(-c2ccc(NN=C(C#N)C#N)c(F)c2)nn1. The number of anilines is 1. The number of hydrogen-bond donors (Lipinski definition) is 1. The molecule has 0 bridgehead atoms. The molecule has 1 aromatic carbocycles. The van der Waals surface area contributed by atoms with Gasteiger partial charge >= 0.3 is 0 Å². The molecule has 2 aromatic rings. The van der Waals surface area contributed by atoms with E-state index in [0.717, 1.165) is 0 Å². The molecule has 2 rings (SSSR count). The highest BCUT2D eigenvalue weighted by atomic mass is 19.1. The summed E-state index contributed by atoms with van der Waals surface area (Å²) in [6.07, 6.45) is 1.66. The van der Waals surface area contributed by atoms with Crippen molar-refractivity contribution in [1.82, 2.24) is 15.0 Å². The van der Waals surface area contributed by atoms with Crippen LogP contribution < -0.4 is 5.43 Å². The van der Waals surface area contributed by atoms with Crippen molar-refractivity contribution in [2.24, 2.45) is 5.10 Å². The number of aromatic nitrogens is 3. The van der Waals surface area contributed by atoms with Gasteiger partial charge in [-0.2, -0.15) is 15.6 Å². The summed E-state index contributed by atoms with van der Waals surface area (Å²) >= 11 is 0. The first-order valence-electron chi connectivity index (χ1n) is 5.47. The van der Waals surface area contributed by atoms with E-state index in [-0.39, 0.29) is 11.4 Å². The molecule has 7 nitrogen and oxygen atoms in total. The summed E-state index contributed by atoms with van der Waals surface area (Å²) in [7, 11) is 0. The van der Waals surface area contributed by atoms with Crippen LogP contribution in [0.25, 0.3) is 5.69 Å². The molecule has 1 N–H and O–H groups in total. The molecule has 0 unspecified atom stereocenters. The molecule has 1 aromatic heterocycles. The summed E-state index contributed by atoms with van der Waals surface area (Å²) in [5.74, 6) is -0.588. The number of nitriles is 2. The van der Waals surface area contributed by atoms with Gasteiger partial charge in [0.2, 0.25) is 5.71 Å². The normalized spacial score (nSPS) is 9.40. The second-order valence-corrected chi connectivity index (χ2v) is 3.76. The van der Waals surface area contributed by atoms with Crippen LogP contribution >= 0.6 is 0 Å². The largest absolute Gasteiger partial charge is 0.274 e. The molecule has 8 heteroatoms. The van der Waals surface area contributed by atoms with E-state index in [0.29, 0.717) is 11.4 Å². The monoisotopic (exact) mass is 269 g/mol. The van der Waals surface area contributed by atoms with E-state index in [1.807, 2.05) is 0 Å². The molecule has 98 valence electrons. The number of nitrogens with zero attached hydrogens (tertiary/aromatic N) is 6. The van der Waals surface area contributed by atoms with Gasteiger partial charge in [-0.25, -0.2) is 9.07 Å². The van der Waals surface area contributed by atoms with Crippen LogP contribution in [-0.2, 0) is 0 Å². The van der Waals surface area contributed by atoms with Gasteiger partial charge < -0.3 is 0 Å². The third-order valence-corrected chi connectivity index (χ3v) is 2.33. The van der Waals surface area contributed by atoms with E-state index < -0.39 is 5.82 Å². The van der Waals surface area contributed by atoms with Crippen LogP contribution in [0.2, 0.25) is 0 Å². The summed E-state index contributed by atoms with van der Waals surface area (Å²) < 4.78 is 15.3. The maximum Gasteiger partial charge on any atom is 0.237 e. The van der Waals surface area contributed by atoms with Gasteiger partial charge in [-0.05, 0) is 19.1 Å². The Morgan fingerprint density at radius 3 is 2.70 bits per heavy atom. The first-order valence-corrected chi connectivity index (χ1v) is 5.47. The lowest BCUT2D eigenvalue weighted by molar-refractivity contribution is 0.627. The van der Waals surface area contributed by atoms with Gasteiger partial charge in [0, 0.05) is 6.07 Å². The third kappa shape index (κ3) is 2.76. The predicted octanol–water partition coefficient (Wildman–Crippen LogP) is 1.53. The highest BCUT2D eigenvalue weighted by Crippen LogP contribution is 2.18. The van der Waals surface area contributed by atoms with Crippen molar-refractivity contribution in [2.45, 2.75) is 6.92 Å². The molecule has 1 heterocycles. The molecule has 0 atom stereocenters. The van der Waals surface area contributed by atoms with Crippen LogP contribution in [0.4, 0.5) is 10.1 Å². The fraction of sp³-hybridized carbons (Fsp3) is 0.0833. The lowest BCUT2D eigenvalue weighted by atomic mass is 10.2. The Kier molecular flexibility index (Phi) is 3.68. The zero-order chi connectivity index (χ0) is 14.5. The summed E-state index contributed by atoms with van der Waals surface area (Å²) in [4.78, 5) is 0.